The van der Waals surface area contributed by atoms with Crippen LogP contribution in [0.3, 0.4) is 0 Å². The molecule has 90 valence electrons. The molecule has 0 saturated carbocycles. The number of halogens is 1. The SMILES string of the molecule is COc1ccc(Cn2ncc(Br)n2)cc1OC. The summed E-state index contributed by atoms with van der Waals surface area (Å²) in [7, 11) is 3.23. The molecule has 6 heteroatoms. The summed E-state index contributed by atoms with van der Waals surface area (Å²) in [4.78, 5) is 1.60. The summed E-state index contributed by atoms with van der Waals surface area (Å²) in [6, 6.07) is 5.74. The van der Waals surface area contributed by atoms with Gasteiger partial charge in [-0.05, 0) is 33.6 Å². The molecule has 0 aliphatic rings. The van der Waals surface area contributed by atoms with Crippen LogP contribution in [0.15, 0.2) is 29.0 Å². The fourth-order valence-corrected chi connectivity index (χ4v) is 1.77. The Kier molecular flexibility index (Phi) is 3.63. The van der Waals surface area contributed by atoms with Gasteiger partial charge in [-0.15, -0.1) is 5.10 Å². The molecule has 0 aliphatic heterocycles. The van der Waals surface area contributed by atoms with Gasteiger partial charge < -0.3 is 9.47 Å². The van der Waals surface area contributed by atoms with Gasteiger partial charge in [-0.2, -0.15) is 9.90 Å². The summed E-state index contributed by atoms with van der Waals surface area (Å²) in [6.45, 7) is 0.589. The summed E-state index contributed by atoms with van der Waals surface area (Å²) >= 11 is 3.26. The van der Waals surface area contributed by atoms with Gasteiger partial charge in [0.15, 0.2) is 11.5 Å². The number of aromatic nitrogens is 3. The lowest BCUT2D eigenvalue weighted by Crippen LogP contribution is -2.04. The first-order chi connectivity index (χ1) is 8.22. The van der Waals surface area contributed by atoms with E-state index >= 15 is 0 Å². The van der Waals surface area contributed by atoms with Crippen LogP contribution in [0.1, 0.15) is 5.56 Å². The van der Waals surface area contributed by atoms with Crippen LogP contribution < -0.4 is 9.47 Å². The van der Waals surface area contributed by atoms with Crippen LogP contribution in [0.4, 0.5) is 0 Å². The van der Waals surface area contributed by atoms with Gasteiger partial charge >= 0.3 is 0 Å². The van der Waals surface area contributed by atoms with Crippen LogP contribution in [0.5, 0.6) is 11.5 Å². The summed E-state index contributed by atoms with van der Waals surface area (Å²) in [5.74, 6) is 1.42. The number of hydrogen-bond donors (Lipinski definition) is 0. The molecule has 0 radical (unpaired) electrons. The summed E-state index contributed by atoms with van der Waals surface area (Å²) in [5, 5.41) is 8.25. The Bertz CT molecular complexity index is 513. The van der Waals surface area contributed by atoms with Crippen molar-refractivity contribution in [2.45, 2.75) is 6.54 Å². The average Bonchev–Trinajstić information content (AvgIpc) is 2.74. The van der Waals surface area contributed by atoms with Gasteiger partial charge in [0, 0.05) is 0 Å². The minimum Gasteiger partial charge on any atom is -0.493 e. The van der Waals surface area contributed by atoms with Crippen LogP contribution >= 0.6 is 15.9 Å². The molecule has 1 heterocycles. The highest BCUT2D eigenvalue weighted by Gasteiger charge is 2.05. The minimum atomic E-state index is 0.589. The highest BCUT2D eigenvalue weighted by Crippen LogP contribution is 2.27. The number of hydrogen-bond acceptors (Lipinski definition) is 4. The maximum atomic E-state index is 5.24. The first-order valence-corrected chi connectivity index (χ1v) is 5.79. The number of ether oxygens (including phenoxy) is 2. The molecule has 0 bridgehead atoms. The molecule has 0 saturated heterocycles. The maximum absolute atomic E-state index is 5.24. The number of nitrogens with zero attached hydrogens (tertiary/aromatic N) is 3. The van der Waals surface area contributed by atoms with Gasteiger partial charge in [0.2, 0.25) is 0 Å². The molecular weight excluding hydrogens is 286 g/mol. The first-order valence-electron chi connectivity index (χ1n) is 4.99. The fourth-order valence-electron chi connectivity index (χ4n) is 1.49. The van der Waals surface area contributed by atoms with Crippen molar-refractivity contribution >= 4 is 15.9 Å². The average molecular weight is 298 g/mol. The van der Waals surface area contributed by atoms with E-state index in [0.29, 0.717) is 18.0 Å². The van der Waals surface area contributed by atoms with Crippen LogP contribution in [-0.4, -0.2) is 29.2 Å². The summed E-state index contributed by atoms with van der Waals surface area (Å²) in [6.07, 6.45) is 1.65. The Morgan fingerprint density at radius 2 is 2.00 bits per heavy atom. The zero-order valence-electron chi connectivity index (χ0n) is 9.55. The molecule has 0 spiro atoms. The van der Waals surface area contributed by atoms with E-state index < -0.39 is 0 Å². The number of rotatable bonds is 4. The van der Waals surface area contributed by atoms with Crippen LogP contribution in [-0.2, 0) is 6.54 Å². The molecular formula is C11H12BrN3O2. The predicted molar refractivity (Wildman–Crippen MR) is 66.4 cm³/mol. The lowest BCUT2D eigenvalue weighted by Gasteiger charge is -2.09. The molecule has 2 aromatic rings. The monoisotopic (exact) mass is 297 g/mol. The van der Waals surface area contributed by atoms with Crippen molar-refractivity contribution < 1.29 is 9.47 Å². The van der Waals surface area contributed by atoms with Crippen molar-refractivity contribution in [3.8, 4) is 11.5 Å². The van der Waals surface area contributed by atoms with Crippen LogP contribution in [0.25, 0.3) is 0 Å². The van der Waals surface area contributed by atoms with Gasteiger partial charge in [0.25, 0.3) is 0 Å². The van der Waals surface area contributed by atoms with Gasteiger partial charge in [0.05, 0.1) is 27.0 Å². The van der Waals surface area contributed by atoms with E-state index in [2.05, 4.69) is 26.1 Å². The van der Waals surface area contributed by atoms with Gasteiger partial charge in [-0.25, -0.2) is 0 Å². The van der Waals surface area contributed by atoms with Crippen molar-refractivity contribution in [1.82, 2.24) is 15.0 Å². The van der Waals surface area contributed by atoms with Crippen molar-refractivity contribution in [3.05, 3.63) is 34.6 Å². The Hall–Kier alpha value is -1.56. The van der Waals surface area contributed by atoms with E-state index in [9.17, 15) is 0 Å². The molecule has 0 N–H and O–H groups in total. The van der Waals surface area contributed by atoms with Gasteiger partial charge in [-0.1, -0.05) is 6.07 Å². The quantitative estimate of drug-likeness (QED) is 0.867. The van der Waals surface area contributed by atoms with E-state index in [1.54, 1.807) is 25.2 Å². The summed E-state index contributed by atoms with van der Waals surface area (Å²) in [5.41, 5.74) is 1.05. The largest absolute Gasteiger partial charge is 0.493 e. The highest BCUT2D eigenvalue weighted by atomic mass is 79.9. The Balaban J connectivity index is 2.22. The second-order valence-electron chi connectivity index (χ2n) is 3.39. The zero-order chi connectivity index (χ0) is 12.3. The summed E-state index contributed by atoms with van der Waals surface area (Å²) < 4.78 is 11.1. The van der Waals surface area contributed by atoms with Crippen molar-refractivity contribution in [2.24, 2.45) is 0 Å². The fraction of sp³-hybridized carbons (Fsp3) is 0.273. The van der Waals surface area contributed by atoms with E-state index in [4.69, 9.17) is 9.47 Å². The minimum absolute atomic E-state index is 0.589. The zero-order valence-corrected chi connectivity index (χ0v) is 11.1. The molecule has 0 fully saturated rings. The van der Waals surface area contributed by atoms with Crippen molar-refractivity contribution in [1.29, 1.82) is 0 Å². The predicted octanol–water partition coefficient (Wildman–Crippen LogP) is 2.11. The second-order valence-corrected chi connectivity index (χ2v) is 4.20. The molecule has 0 unspecified atom stereocenters. The second kappa shape index (κ2) is 5.18. The van der Waals surface area contributed by atoms with E-state index in [1.165, 1.54) is 0 Å². The molecule has 0 atom stereocenters. The molecule has 0 aliphatic carbocycles. The molecule has 0 amide bonds. The topological polar surface area (TPSA) is 49.2 Å². The van der Waals surface area contributed by atoms with Gasteiger partial charge in [-0.3, -0.25) is 0 Å². The lowest BCUT2D eigenvalue weighted by molar-refractivity contribution is 0.354. The molecule has 1 aromatic carbocycles. The normalized spacial score (nSPS) is 10.3. The van der Waals surface area contributed by atoms with Crippen LogP contribution in [0.2, 0.25) is 0 Å². The Morgan fingerprint density at radius 1 is 1.24 bits per heavy atom. The van der Waals surface area contributed by atoms with E-state index in [-0.39, 0.29) is 0 Å². The molecule has 5 nitrogen and oxygen atoms in total. The maximum Gasteiger partial charge on any atom is 0.161 e. The lowest BCUT2D eigenvalue weighted by atomic mass is 10.2. The first kappa shape index (κ1) is 11.9. The third-order valence-corrected chi connectivity index (χ3v) is 2.64. The van der Waals surface area contributed by atoms with E-state index in [1.807, 2.05) is 18.2 Å². The Morgan fingerprint density at radius 3 is 2.59 bits per heavy atom. The standard InChI is InChI=1S/C11H12BrN3O2/c1-16-9-4-3-8(5-10(9)17-2)7-15-13-6-11(12)14-15/h3-6H,7H2,1-2H3. The van der Waals surface area contributed by atoms with E-state index in [0.717, 1.165) is 10.2 Å². The molecule has 1 aromatic heterocycles. The molecule has 17 heavy (non-hydrogen) atoms. The highest BCUT2D eigenvalue weighted by molar-refractivity contribution is 9.10. The molecule has 2 rings (SSSR count). The third kappa shape index (κ3) is 2.76. The third-order valence-electron chi connectivity index (χ3n) is 2.28. The van der Waals surface area contributed by atoms with Crippen molar-refractivity contribution in [2.75, 3.05) is 14.2 Å². The van der Waals surface area contributed by atoms with Gasteiger partial charge in [0.1, 0.15) is 4.60 Å². The number of methoxy groups -OCH3 is 2. The smallest absolute Gasteiger partial charge is 0.161 e. The number of benzene rings is 1. The van der Waals surface area contributed by atoms with Crippen molar-refractivity contribution in [3.63, 3.8) is 0 Å². The van der Waals surface area contributed by atoms with Crippen LogP contribution in [0, 0.1) is 0 Å². The Labute approximate surface area is 107 Å².